The van der Waals surface area contributed by atoms with Crippen molar-refractivity contribution in [1.29, 1.82) is 0 Å². The van der Waals surface area contributed by atoms with Gasteiger partial charge in [0.15, 0.2) is 6.10 Å². The first-order valence-electron chi connectivity index (χ1n) is 8.93. The number of nitrogens with one attached hydrogen (secondary N) is 1. The number of amides is 1. The van der Waals surface area contributed by atoms with Crippen LogP contribution in [0.15, 0.2) is 48.5 Å². The summed E-state index contributed by atoms with van der Waals surface area (Å²) in [6.45, 7) is 6.96. The van der Waals surface area contributed by atoms with Gasteiger partial charge in [-0.05, 0) is 36.1 Å². The lowest BCUT2D eigenvalue weighted by Gasteiger charge is -2.18. The molecule has 5 heteroatoms. The standard InChI is InChI=1S/C21H26ClNO3/c1-4-18(26-20-12-8-6-10-17(20)22)21(24)23-13-14-25-19-11-7-5-9-16(19)15(2)3/h5-12,15,18H,4,13-14H2,1-3H3,(H,23,24)/t18-/m0/s1. The first kappa shape index (κ1) is 20.1. The summed E-state index contributed by atoms with van der Waals surface area (Å²) in [5.74, 6) is 1.58. The minimum absolute atomic E-state index is 0.173. The highest BCUT2D eigenvalue weighted by molar-refractivity contribution is 6.32. The number of ether oxygens (including phenoxy) is 2. The van der Waals surface area contributed by atoms with E-state index in [1.165, 1.54) is 0 Å². The molecule has 0 heterocycles. The molecule has 0 aromatic heterocycles. The summed E-state index contributed by atoms with van der Waals surface area (Å²) in [5, 5.41) is 3.35. The molecule has 2 aromatic rings. The zero-order valence-electron chi connectivity index (χ0n) is 15.5. The average molecular weight is 376 g/mol. The van der Waals surface area contributed by atoms with Crippen LogP contribution in [0, 0.1) is 0 Å². The molecule has 0 aliphatic rings. The molecule has 0 saturated carbocycles. The smallest absolute Gasteiger partial charge is 0.261 e. The molecule has 0 bridgehead atoms. The Morgan fingerprint density at radius 3 is 2.38 bits per heavy atom. The molecular weight excluding hydrogens is 350 g/mol. The maximum absolute atomic E-state index is 12.3. The highest BCUT2D eigenvalue weighted by Gasteiger charge is 2.19. The summed E-state index contributed by atoms with van der Waals surface area (Å²) >= 11 is 6.09. The number of para-hydroxylation sites is 2. The van der Waals surface area contributed by atoms with E-state index in [0.29, 0.717) is 36.3 Å². The molecule has 0 spiro atoms. The summed E-state index contributed by atoms with van der Waals surface area (Å²) in [6.07, 6.45) is -0.0356. The van der Waals surface area contributed by atoms with Crippen molar-refractivity contribution in [2.75, 3.05) is 13.2 Å². The molecule has 1 atom stereocenters. The van der Waals surface area contributed by atoms with Gasteiger partial charge in [0.2, 0.25) is 0 Å². The van der Waals surface area contributed by atoms with Gasteiger partial charge in [0.25, 0.3) is 5.91 Å². The Labute approximate surface area is 160 Å². The van der Waals surface area contributed by atoms with Crippen molar-refractivity contribution in [3.63, 3.8) is 0 Å². The van der Waals surface area contributed by atoms with Gasteiger partial charge in [-0.1, -0.05) is 62.7 Å². The third-order valence-electron chi connectivity index (χ3n) is 3.97. The first-order chi connectivity index (χ1) is 12.5. The van der Waals surface area contributed by atoms with Crippen molar-refractivity contribution in [2.45, 2.75) is 39.2 Å². The molecule has 0 unspecified atom stereocenters. The Balaban J connectivity index is 1.83. The Bertz CT molecular complexity index is 718. The molecule has 0 fully saturated rings. The normalized spacial score (nSPS) is 11.9. The Morgan fingerprint density at radius 2 is 1.73 bits per heavy atom. The first-order valence-corrected chi connectivity index (χ1v) is 9.31. The number of hydrogen-bond acceptors (Lipinski definition) is 3. The number of carbonyl (C=O) groups is 1. The van der Waals surface area contributed by atoms with Crippen molar-refractivity contribution >= 4 is 17.5 Å². The maximum atomic E-state index is 12.3. The minimum Gasteiger partial charge on any atom is -0.491 e. The van der Waals surface area contributed by atoms with Gasteiger partial charge < -0.3 is 14.8 Å². The Kier molecular flexibility index (Phi) is 7.79. The molecule has 1 amide bonds. The summed E-state index contributed by atoms with van der Waals surface area (Å²) < 4.78 is 11.6. The van der Waals surface area contributed by atoms with E-state index in [1.807, 2.05) is 37.3 Å². The lowest BCUT2D eigenvalue weighted by Crippen LogP contribution is -2.39. The van der Waals surface area contributed by atoms with Gasteiger partial charge >= 0.3 is 0 Å². The lowest BCUT2D eigenvalue weighted by molar-refractivity contribution is -0.128. The number of carbonyl (C=O) groups excluding carboxylic acids is 1. The molecule has 0 aliphatic carbocycles. The fraction of sp³-hybridized carbons (Fsp3) is 0.381. The number of rotatable bonds is 9. The largest absolute Gasteiger partial charge is 0.491 e. The summed E-state index contributed by atoms with van der Waals surface area (Å²) in [5.41, 5.74) is 1.16. The summed E-state index contributed by atoms with van der Waals surface area (Å²) in [4.78, 5) is 12.3. The summed E-state index contributed by atoms with van der Waals surface area (Å²) in [6, 6.07) is 15.1. The predicted molar refractivity (Wildman–Crippen MR) is 105 cm³/mol. The quantitative estimate of drug-likeness (QED) is 0.639. The van der Waals surface area contributed by atoms with Gasteiger partial charge in [-0.3, -0.25) is 4.79 Å². The van der Waals surface area contributed by atoms with E-state index >= 15 is 0 Å². The molecule has 26 heavy (non-hydrogen) atoms. The van der Waals surface area contributed by atoms with Crippen LogP contribution in [0.25, 0.3) is 0 Å². The van der Waals surface area contributed by atoms with E-state index in [4.69, 9.17) is 21.1 Å². The SMILES string of the molecule is CC[C@H](Oc1ccccc1Cl)C(=O)NCCOc1ccccc1C(C)C. The fourth-order valence-electron chi connectivity index (χ4n) is 2.55. The lowest BCUT2D eigenvalue weighted by atomic mass is 10.0. The van der Waals surface area contributed by atoms with E-state index in [2.05, 4.69) is 25.2 Å². The maximum Gasteiger partial charge on any atom is 0.261 e. The van der Waals surface area contributed by atoms with E-state index in [9.17, 15) is 4.79 Å². The molecule has 140 valence electrons. The van der Waals surface area contributed by atoms with Crippen LogP contribution in [0.4, 0.5) is 0 Å². The minimum atomic E-state index is -0.585. The van der Waals surface area contributed by atoms with Crippen LogP contribution >= 0.6 is 11.6 Å². The topological polar surface area (TPSA) is 47.6 Å². The van der Waals surface area contributed by atoms with E-state index in [1.54, 1.807) is 12.1 Å². The van der Waals surface area contributed by atoms with Crippen LogP contribution < -0.4 is 14.8 Å². The van der Waals surface area contributed by atoms with Crippen molar-refractivity contribution in [2.24, 2.45) is 0 Å². The highest BCUT2D eigenvalue weighted by atomic mass is 35.5. The second kappa shape index (κ2) is 10.1. The second-order valence-electron chi connectivity index (χ2n) is 6.28. The zero-order chi connectivity index (χ0) is 18.9. The van der Waals surface area contributed by atoms with Gasteiger partial charge in [-0.15, -0.1) is 0 Å². The van der Waals surface area contributed by atoms with E-state index in [-0.39, 0.29) is 5.91 Å². The van der Waals surface area contributed by atoms with Crippen LogP contribution in [0.1, 0.15) is 38.7 Å². The fourth-order valence-corrected chi connectivity index (χ4v) is 2.73. The van der Waals surface area contributed by atoms with E-state index in [0.717, 1.165) is 11.3 Å². The van der Waals surface area contributed by atoms with E-state index < -0.39 is 6.10 Å². The van der Waals surface area contributed by atoms with Gasteiger partial charge in [-0.2, -0.15) is 0 Å². The molecule has 2 aromatic carbocycles. The number of hydrogen-bond donors (Lipinski definition) is 1. The van der Waals surface area contributed by atoms with Crippen molar-refractivity contribution < 1.29 is 14.3 Å². The van der Waals surface area contributed by atoms with Gasteiger partial charge in [-0.25, -0.2) is 0 Å². The molecule has 2 rings (SSSR count). The third-order valence-corrected chi connectivity index (χ3v) is 4.28. The molecular formula is C21H26ClNO3. The van der Waals surface area contributed by atoms with Gasteiger partial charge in [0.1, 0.15) is 18.1 Å². The van der Waals surface area contributed by atoms with Crippen molar-refractivity contribution in [1.82, 2.24) is 5.32 Å². The monoisotopic (exact) mass is 375 g/mol. The highest BCUT2D eigenvalue weighted by Crippen LogP contribution is 2.26. The van der Waals surface area contributed by atoms with Crippen molar-refractivity contribution in [3.05, 3.63) is 59.1 Å². The molecule has 1 N–H and O–H groups in total. The number of halogens is 1. The Hall–Kier alpha value is -2.20. The molecule has 0 radical (unpaired) electrons. The summed E-state index contributed by atoms with van der Waals surface area (Å²) in [7, 11) is 0. The van der Waals surface area contributed by atoms with Gasteiger partial charge in [0.05, 0.1) is 11.6 Å². The second-order valence-corrected chi connectivity index (χ2v) is 6.68. The zero-order valence-corrected chi connectivity index (χ0v) is 16.3. The van der Waals surface area contributed by atoms with Crippen LogP contribution in [-0.4, -0.2) is 25.2 Å². The van der Waals surface area contributed by atoms with Crippen LogP contribution in [0.5, 0.6) is 11.5 Å². The Morgan fingerprint density at radius 1 is 1.08 bits per heavy atom. The van der Waals surface area contributed by atoms with Gasteiger partial charge in [0, 0.05) is 0 Å². The molecule has 4 nitrogen and oxygen atoms in total. The average Bonchev–Trinajstić information content (AvgIpc) is 2.64. The van der Waals surface area contributed by atoms with Crippen LogP contribution in [-0.2, 0) is 4.79 Å². The number of benzene rings is 2. The molecule has 0 aliphatic heterocycles. The molecule has 0 saturated heterocycles. The predicted octanol–water partition coefficient (Wildman–Crippen LogP) is 4.82. The van der Waals surface area contributed by atoms with Crippen molar-refractivity contribution in [3.8, 4) is 11.5 Å². The van der Waals surface area contributed by atoms with Crippen LogP contribution in [0.2, 0.25) is 5.02 Å². The van der Waals surface area contributed by atoms with Crippen LogP contribution in [0.3, 0.4) is 0 Å². The third kappa shape index (κ3) is 5.67.